The fraction of sp³-hybridized carbons (Fsp3) is 0.143. The maximum atomic E-state index is 12.1. The average Bonchev–Trinajstić information content (AvgIpc) is 3.13. The van der Waals surface area contributed by atoms with Crippen LogP contribution in [0, 0.1) is 0 Å². The van der Waals surface area contributed by atoms with Gasteiger partial charge in [0.1, 0.15) is 11.7 Å². The zero-order valence-electron chi connectivity index (χ0n) is 15.3. The van der Waals surface area contributed by atoms with Crippen molar-refractivity contribution in [2.75, 3.05) is 13.1 Å². The van der Waals surface area contributed by atoms with Crippen LogP contribution in [0.15, 0.2) is 80.6 Å². The lowest BCUT2D eigenvalue weighted by Gasteiger charge is -2.22. The number of nitrogens with zero attached hydrogens (tertiary/aromatic N) is 3. The summed E-state index contributed by atoms with van der Waals surface area (Å²) in [5.41, 5.74) is 3.76. The molecule has 1 atom stereocenters. The molecule has 0 bridgehead atoms. The maximum absolute atomic E-state index is 12.1. The van der Waals surface area contributed by atoms with E-state index in [9.17, 15) is 4.79 Å². The number of aromatic nitrogens is 1. The first kappa shape index (κ1) is 19.5. The van der Waals surface area contributed by atoms with Crippen LogP contribution in [0.2, 0.25) is 5.02 Å². The molecule has 0 radical (unpaired) electrons. The maximum Gasteiger partial charge on any atom is 0.269 e. The van der Waals surface area contributed by atoms with Gasteiger partial charge in [-0.05, 0) is 40.2 Å². The predicted molar refractivity (Wildman–Crippen MR) is 119 cm³/mol. The number of aliphatic imine (C=N–C) groups is 2. The zero-order chi connectivity index (χ0) is 20.2. The van der Waals surface area contributed by atoms with Crippen molar-refractivity contribution in [3.63, 3.8) is 0 Å². The van der Waals surface area contributed by atoms with Crippen molar-refractivity contribution in [2.24, 2.45) is 9.98 Å². The summed E-state index contributed by atoms with van der Waals surface area (Å²) in [7, 11) is 0. The van der Waals surface area contributed by atoms with Crippen molar-refractivity contribution >= 4 is 45.4 Å². The fourth-order valence-electron chi connectivity index (χ4n) is 3.06. The molecule has 0 aliphatic carbocycles. The van der Waals surface area contributed by atoms with Gasteiger partial charge in [0.05, 0.1) is 15.9 Å². The van der Waals surface area contributed by atoms with Crippen molar-refractivity contribution in [1.82, 2.24) is 15.6 Å². The summed E-state index contributed by atoms with van der Waals surface area (Å²) in [6.07, 6.45) is 5.32. The van der Waals surface area contributed by atoms with E-state index >= 15 is 0 Å². The number of hydrogen-bond acceptors (Lipinski definition) is 5. The number of benzene rings is 1. The van der Waals surface area contributed by atoms with Crippen LogP contribution in [0.4, 0.5) is 0 Å². The first-order valence-corrected chi connectivity index (χ1v) is 10.2. The van der Waals surface area contributed by atoms with Gasteiger partial charge in [0, 0.05) is 41.8 Å². The van der Waals surface area contributed by atoms with Crippen LogP contribution in [-0.4, -0.2) is 41.9 Å². The van der Waals surface area contributed by atoms with Gasteiger partial charge in [-0.2, -0.15) is 0 Å². The summed E-state index contributed by atoms with van der Waals surface area (Å²) in [5, 5.41) is 6.87. The molecule has 146 valence electrons. The van der Waals surface area contributed by atoms with Crippen LogP contribution in [-0.2, 0) is 0 Å². The van der Waals surface area contributed by atoms with E-state index in [1.54, 1.807) is 30.6 Å². The van der Waals surface area contributed by atoms with E-state index in [4.69, 9.17) is 16.6 Å². The summed E-state index contributed by atoms with van der Waals surface area (Å²) >= 11 is 9.89. The molecule has 1 amide bonds. The third-order valence-electron chi connectivity index (χ3n) is 4.46. The molecule has 4 rings (SSSR count). The Balaban J connectivity index is 1.46. The number of amides is 1. The Bertz CT molecular complexity index is 1060. The molecule has 2 aliphatic rings. The minimum atomic E-state index is -0.203. The van der Waals surface area contributed by atoms with E-state index < -0.39 is 0 Å². The third kappa shape index (κ3) is 4.31. The van der Waals surface area contributed by atoms with Gasteiger partial charge in [-0.15, -0.1) is 0 Å². The summed E-state index contributed by atoms with van der Waals surface area (Å²) in [4.78, 5) is 25.4. The summed E-state index contributed by atoms with van der Waals surface area (Å²) < 4.78 is 0.850. The molecule has 1 aromatic carbocycles. The number of carbonyl (C=O) groups is 1. The molecule has 3 heterocycles. The van der Waals surface area contributed by atoms with Gasteiger partial charge < -0.3 is 10.6 Å². The first-order chi connectivity index (χ1) is 14.1. The standard InChI is InChI=1S/C21H17BrClN5O/c22-14-12-27-20-18(25-9-10-26-21(29)16-7-3-4-8-24-16)11-17(28-19(14)20)13-5-1-2-6-15(13)23/h1-8,11-12,20,25H,9-10H2,(H,26,29). The number of hydrogen-bond donors (Lipinski definition) is 2. The Labute approximate surface area is 181 Å². The Morgan fingerprint density at radius 3 is 2.76 bits per heavy atom. The van der Waals surface area contributed by atoms with Gasteiger partial charge in [-0.1, -0.05) is 35.9 Å². The Hall–Kier alpha value is -2.77. The molecule has 8 heteroatoms. The van der Waals surface area contributed by atoms with E-state index in [1.165, 1.54) is 0 Å². The smallest absolute Gasteiger partial charge is 0.269 e. The lowest BCUT2D eigenvalue weighted by atomic mass is 10.0. The van der Waals surface area contributed by atoms with Gasteiger partial charge in [0.15, 0.2) is 0 Å². The molecular formula is C21H17BrClN5O. The number of carbonyl (C=O) groups excluding carboxylic acids is 1. The summed E-state index contributed by atoms with van der Waals surface area (Å²) in [6, 6.07) is 12.6. The van der Waals surface area contributed by atoms with E-state index in [0.29, 0.717) is 23.8 Å². The van der Waals surface area contributed by atoms with Crippen molar-refractivity contribution in [1.29, 1.82) is 0 Å². The number of allylic oxidation sites excluding steroid dienone is 2. The largest absolute Gasteiger partial charge is 0.384 e. The number of dihydropyridines is 1. The molecular weight excluding hydrogens is 454 g/mol. The van der Waals surface area contributed by atoms with Crippen LogP contribution in [0.5, 0.6) is 0 Å². The highest BCUT2D eigenvalue weighted by molar-refractivity contribution is 9.12. The van der Waals surface area contributed by atoms with Crippen molar-refractivity contribution in [3.05, 3.63) is 86.9 Å². The van der Waals surface area contributed by atoms with Gasteiger partial charge in [0.2, 0.25) is 0 Å². The molecule has 2 N–H and O–H groups in total. The van der Waals surface area contributed by atoms with E-state index in [1.807, 2.05) is 30.3 Å². The molecule has 29 heavy (non-hydrogen) atoms. The highest BCUT2D eigenvalue weighted by atomic mass is 79.9. The van der Waals surface area contributed by atoms with Crippen LogP contribution in [0.1, 0.15) is 16.1 Å². The second-order valence-electron chi connectivity index (χ2n) is 6.39. The molecule has 0 saturated heterocycles. The van der Waals surface area contributed by atoms with E-state index in [0.717, 1.165) is 27.2 Å². The molecule has 6 nitrogen and oxygen atoms in total. The van der Waals surface area contributed by atoms with Crippen LogP contribution in [0.25, 0.3) is 0 Å². The van der Waals surface area contributed by atoms with Crippen LogP contribution < -0.4 is 10.6 Å². The number of nitrogens with one attached hydrogen (secondary N) is 2. The third-order valence-corrected chi connectivity index (χ3v) is 5.40. The molecule has 0 fully saturated rings. The molecule has 1 aromatic heterocycles. The number of halogens is 2. The number of fused-ring (bicyclic) bond motifs is 1. The van der Waals surface area contributed by atoms with Gasteiger partial charge in [0.25, 0.3) is 5.91 Å². The lowest BCUT2D eigenvalue weighted by Crippen LogP contribution is -2.35. The van der Waals surface area contributed by atoms with Gasteiger partial charge >= 0.3 is 0 Å². The monoisotopic (exact) mass is 469 g/mol. The molecule has 1 unspecified atom stereocenters. The highest BCUT2D eigenvalue weighted by Crippen LogP contribution is 2.32. The Kier molecular flexibility index (Phi) is 5.87. The zero-order valence-corrected chi connectivity index (χ0v) is 17.6. The predicted octanol–water partition coefficient (Wildman–Crippen LogP) is 3.50. The number of rotatable bonds is 6. The van der Waals surface area contributed by atoms with Gasteiger partial charge in [-0.3, -0.25) is 14.8 Å². The average molecular weight is 471 g/mol. The van der Waals surface area contributed by atoms with Crippen molar-refractivity contribution in [3.8, 4) is 0 Å². The molecule has 2 aromatic rings. The molecule has 0 saturated carbocycles. The molecule has 0 spiro atoms. The van der Waals surface area contributed by atoms with Crippen molar-refractivity contribution in [2.45, 2.75) is 6.04 Å². The minimum Gasteiger partial charge on any atom is -0.384 e. The second kappa shape index (κ2) is 8.71. The lowest BCUT2D eigenvalue weighted by molar-refractivity contribution is 0.0949. The van der Waals surface area contributed by atoms with Crippen LogP contribution >= 0.6 is 27.5 Å². The summed E-state index contributed by atoms with van der Waals surface area (Å²) in [6.45, 7) is 0.985. The normalized spacial score (nSPS) is 17.5. The minimum absolute atomic E-state index is 0.192. The Morgan fingerprint density at radius 1 is 1.14 bits per heavy atom. The molecule has 2 aliphatic heterocycles. The second-order valence-corrected chi connectivity index (χ2v) is 7.65. The highest BCUT2D eigenvalue weighted by Gasteiger charge is 2.29. The van der Waals surface area contributed by atoms with E-state index in [2.05, 4.69) is 36.5 Å². The fourth-order valence-corrected chi connectivity index (χ4v) is 3.72. The first-order valence-electron chi connectivity index (χ1n) is 9.04. The topological polar surface area (TPSA) is 78.7 Å². The van der Waals surface area contributed by atoms with Crippen LogP contribution in [0.3, 0.4) is 0 Å². The van der Waals surface area contributed by atoms with Gasteiger partial charge in [-0.25, -0.2) is 4.99 Å². The van der Waals surface area contributed by atoms with Crippen molar-refractivity contribution < 1.29 is 4.79 Å². The SMILES string of the molecule is O=C(NCCNC1=CC(c2ccccc2Cl)=NC2=C(Br)C=NC12)c1ccccn1. The number of pyridine rings is 1. The summed E-state index contributed by atoms with van der Waals surface area (Å²) in [5.74, 6) is -0.203. The Morgan fingerprint density at radius 2 is 1.97 bits per heavy atom. The van der Waals surface area contributed by atoms with E-state index in [-0.39, 0.29) is 11.9 Å². The quantitative estimate of drug-likeness (QED) is 0.634.